The Labute approximate surface area is 167 Å². The summed E-state index contributed by atoms with van der Waals surface area (Å²) in [7, 11) is 0. The molecule has 1 N–H and O–H groups in total. The predicted octanol–water partition coefficient (Wildman–Crippen LogP) is 3.54. The van der Waals surface area contributed by atoms with Gasteiger partial charge in [-0.05, 0) is 61.3 Å². The number of nitrogens with one attached hydrogen (secondary N) is 1. The lowest BCUT2D eigenvalue weighted by Crippen LogP contribution is -2.56. The number of anilines is 1. The minimum atomic E-state index is -0.373. The van der Waals surface area contributed by atoms with Crippen LogP contribution in [0.5, 0.6) is 0 Å². The number of piperidine rings is 1. The maximum absolute atomic E-state index is 12.8. The van der Waals surface area contributed by atoms with Crippen LogP contribution in [-0.4, -0.2) is 42.6 Å². The zero-order valence-electron chi connectivity index (χ0n) is 16.4. The summed E-state index contributed by atoms with van der Waals surface area (Å²) in [5.74, 6) is 0.848. The van der Waals surface area contributed by atoms with Gasteiger partial charge >= 0.3 is 0 Å². The van der Waals surface area contributed by atoms with E-state index in [1.807, 2.05) is 6.07 Å². The Hall–Kier alpha value is -2.33. The molecule has 2 heterocycles. The Morgan fingerprint density at radius 3 is 2.57 bits per heavy atom. The van der Waals surface area contributed by atoms with Gasteiger partial charge in [0.2, 0.25) is 5.91 Å². The number of carbonyl (C=O) groups is 1. The van der Waals surface area contributed by atoms with Crippen LogP contribution in [0.2, 0.25) is 0 Å². The summed E-state index contributed by atoms with van der Waals surface area (Å²) < 4.78 is 0. The molecule has 2 aromatic carbocycles. The summed E-state index contributed by atoms with van der Waals surface area (Å²) in [5.41, 5.74) is 3.87. The zero-order valence-corrected chi connectivity index (χ0v) is 16.4. The molecule has 5 rings (SSSR count). The van der Waals surface area contributed by atoms with Crippen molar-refractivity contribution in [1.82, 2.24) is 10.2 Å². The molecule has 2 saturated heterocycles. The van der Waals surface area contributed by atoms with Crippen molar-refractivity contribution < 1.29 is 4.79 Å². The number of hydrogen-bond acceptors (Lipinski definition) is 3. The third-order valence-electron chi connectivity index (χ3n) is 7.06. The van der Waals surface area contributed by atoms with Crippen LogP contribution in [-0.2, 0) is 11.2 Å². The molecule has 28 heavy (non-hydrogen) atoms. The van der Waals surface area contributed by atoms with Crippen LogP contribution in [0.25, 0.3) is 0 Å². The van der Waals surface area contributed by atoms with Crippen molar-refractivity contribution in [2.24, 2.45) is 0 Å². The fourth-order valence-corrected chi connectivity index (χ4v) is 5.49. The first-order valence-corrected chi connectivity index (χ1v) is 10.7. The van der Waals surface area contributed by atoms with E-state index in [0.717, 1.165) is 38.2 Å². The van der Waals surface area contributed by atoms with Gasteiger partial charge in [-0.3, -0.25) is 4.79 Å². The Kier molecular flexibility index (Phi) is 4.59. The van der Waals surface area contributed by atoms with E-state index in [4.69, 9.17) is 0 Å². The number of benzene rings is 2. The monoisotopic (exact) mass is 375 g/mol. The second-order valence-electron chi connectivity index (χ2n) is 8.55. The highest BCUT2D eigenvalue weighted by Crippen LogP contribution is 2.38. The van der Waals surface area contributed by atoms with Gasteiger partial charge in [-0.15, -0.1) is 0 Å². The number of carbonyl (C=O) groups excluding carboxylic acids is 1. The molecule has 0 saturated carbocycles. The Bertz CT molecular complexity index is 842. The van der Waals surface area contributed by atoms with Crippen LogP contribution < -0.4 is 10.2 Å². The molecule has 3 aliphatic rings. The highest BCUT2D eigenvalue weighted by molar-refractivity contribution is 5.93. The molecule has 1 amide bonds. The van der Waals surface area contributed by atoms with Crippen LogP contribution in [0.1, 0.15) is 42.7 Å². The van der Waals surface area contributed by atoms with Crippen LogP contribution in [0.3, 0.4) is 0 Å². The first kappa shape index (κ1) is 17.7. The molecule has 1 atom stereocenters. The Balaban J connectivity index is 1.29. The normalized spacial score (nSPS) is 24.2. The van der Waals surface area contributed by atoms with Gasteiger partial charge in [-0.25, -0.2) is 0 Å². The molecule has 4 heteroatoms. The topological polar surface area (TPSA) is 35.6 Å². The van der Waals surface area contributed by atoms with Crippen molar-refractivity contribution in [2.45, 2.75) is 43.6 Å². The molecule has 2 aliphatic heterocycles. The van der Waals surface area contributed by atoms with Crippen molar-refractivity contribution in [3.05, 3.63) is 65.7 Å². The van der Waals surface area contributed by atoms with Crippen molar-refractivity contribution >= 4 is 11.6 Å². The highest BCUT2D eigenvalue weighted by Gasteiger charge is 2.50. The van der Waals surface area contributed by atoms with Gasteiger partial charge in [0, 0.05) is 25.3 Å². The maximum Gasteiger partial charge on any atom is 0.247 e. The molecule has 0 radical (unpaired) electrons. The Morgan fingerprint density at radius 1 is 1.00 bits per heavy atom. The summed E-state index contributed by atoms with van der Waals surface area (Å²) in [4.78, 5) is 17.7. The highest BCUT2D eigenvalue weighted by atomic mass is 16.2. The molecule has 4 nitrogen and oxygen atoms in total. The molecule has 1 unspecified atom stereocenters. The number of aryl methyl sites for hydroxylation is 1. The van der Waals surface area contributed by atoms with Crippen molar-refractivity contribution in [1.29, 1.82) is 0 Å². The summed E-state index contributed by atoms with van der Waals surface area (Å²) in [6.07, 6.45) is 5.62. The van der Waals surface area contributed by atoms with Crippen molar-refractivity contribution in [3.8, 4) is 0 Å². The van der Waals surface area contributed by atoms with E-state index in [0.29, 0.717) is 12.6 Å². The number of para-hydroxylation sites is 1. The number of hydrogen-bond donors (Lipinski definition) is 1. The van der Waals surface area contributed by atoms with Gasteiger partial charge in [-0.1, -0.05) is 42.5 Å². The average molecular weight is 376 g/mol. The predicted molar refractivity (Wildman–Crippen MR) is 112 cm³/mol. The quantitative estimate of drug-likeness (QED) is 0.891. The first-order chi connectivity index (χ1) is 13.8. The molecule has 2 aromatic rings. The minimum Gasteiger partial charge on any atom is -0.339 e. The molecule has 1 spiro atoms. The van der Waals surface area contributed by atoms with Gasteiger partial charge in [0.25, 0.3) is 0 Å². The summed E-state index contributed by atoms with van der Waals surface area (Å²) in [5, 5.41) is 3.11. The fraction of sp³-hybridized carbons (Fsp3) is 0.458. The van der Waals surface area contributed by atoms with E-state index in [2.05, 4.69) is 63.6 Å². The Morgan fingerprint density at radius 2 is 1.75 bits per heavy atom. The summed E-state index contributed by atoms with van der Waals surface area (Å²) in [6, 6.07) is 19.4. The second-order valence-corrected chi connectivity index (χ2v) is 8.55. The van der Waals surface area contributed by atoms with Crippen molar-refractivity contribution in [2.75, 3.05) is 31.2 Å². The summed E-state index contributed by atoms with van der Waals surface area (Å²) in [6.45, 7) is 3.74. The molecule has 0 bridgehead atoms. The van der Waals surface area contributed by atoms with E-state index >= 15 is 0 Å². The van der Waals surface area contributed by atoms with Crippen LogP contribution in [0.15, 0.2) is 54.6 Å². The number of likely N-dealkylation sites (tertiary alicyclic amines) is 1. The number of rotatable bonds is 3. The standard InChI is InChI=1S/C24H29N3O/c28-23-24(27(18-25-23)21-10-2-1-3-11-21)13-15-26(16-14-24)17-20-9-6-8-19-7-4-5-12-22(19)20/h1-5,7,10-12,20H,6,8-9,13-18H2,(H,25,28). The van der Waals surface area contributed by atoms with Gasteiger partial charge < -0.3 is 15.1 Å². The van der Waals surface area contributed by atoms with Gasteiger partial charge in [0.1, 0.15) is 5.54 Å². The molecule has 146 valence electrons. The maximum atomic E-state index is 12.8. The summed E-state index contributed by atoms with van der Waals surface area (Å²) >= 11 is 0. The lowest BCUT2D eigenvalue weighted by atomic mass is 9.81. The fourth-order valence-electron chi connectivity index (χ4n) is 5.49. The minimum absolute atomic E-state index is 0.207. The van der Waals surface area contributed by atoms with Crippen molar-refractivity contribution in [3.63, 3.8) is 0 Å². The van der Waals surface area contributed by atoms with Crippen LogP contribution >= 0.6 is 0 Å². The number of nitrogens with zero attached hydrogens (tertiary/aromatic N) is 2. The van der Waals surface area contributed by atoms with E-state index in [9.17, 15) is 4.79 Å². The van der Waals surface area contributed by atoms with E-state index in [-0.39, 0.29) is 11.4 Å². The zero-order chi connectivity index (χ0) is 19.0. The lowest BCUT2D eigenvalue weighted by Gasteiger charge is -2.44. The van der Waals surface area contributed by atoms with Gasteiger partial charge in [0.15, 0.2) is 0 Å². The molecular formula is C24H29N3O. The molecule has 2 fully saturated rings. The average Bonchev–Trinajstić information content (AvgIpc) is 3.06. The van der Waals surface area contributed by atoms with E-state index in [1.54, 1.807) is 5.56 Å². The van der Waals surface area contributed by atoms with Gasteiger partial charge in [0.05, 0.1) is 6.67 Å². The molecule has 0 aromatic heterocycles. The SMILES string of the molecule is O=C1NCN(c2ccccc2)C12CCN(CC1CCCc3ccccc31)CC2. The van der Waals surface area contributed by atoms with Gasteiger partial charge in [-0.2, -0.15) is 0 Å². The third kappa shape index (κ3) is 3.00. The van der Waals surface area contributed by atoms with E-state index in [1.165, 1.54) is 24.8 Å². The molecule has 1 aliphatic carbocycles. The lowest BCUT2D eigenvalue weighted by molar-refractivity contribution is -0.125. The number of fused-ring (bicyclic) bond motifs is 1. The smallest absolute Gasteiger partial charge is 0.247 e. The van der Waals surface area contributed by atoms with E-state index < -0.39 is 0 Å². The van der Waals surface area contributed by atoms with Crippen LogP contribution in [0.4, 0.5) is 5.69 Å². The second kappa shape index (κ2) is 7.25. The van der Waals surface area contributed by atoms with Crippen LogP contribution in [0, 0.1) is 0 Å². The largest absolute Gasteiger partial charge is 0.339 e. The molecular weight excluding hydrogens is 346 g/mol. The first-order valence-electron chi connectivity index (χ1n) is 10.7. The number of amides is 1. The third-order valence-corrected chi connectivity index (χ3v) is 7.06.